The number of benzene rings is 4. The second-order valence-corrected chi connectivity index (χ2v) is 9.81. The van der Waals surface area contributed by atoms with Gasteiger partial charge in [0.1, 0.15) is 17.2 Å². The van der Waals surface area contributed by atoms with Gasteiger partial charge in [-0.25, -0.2) is 4.79 Å². The molecule has 0 spiro atoms. The molecule has 5 rings (SSSR count). The number of aromatic nitrogens is 1. The summed E-state index contributed by atoms with van der Waals surface area (Å²) in [5, 5.41) is 1.88. The maximum absolute atomic E-state index is 12.0. The molecule has 5 nitrogen and oxygen atoms in total. The molecule has 0 N–H and O–H groups in total. The van der Waals surface area contributed by atoms with Crippen LogP contribution < -0.4 is 9.47 Å². The number of halogens is 2. The molecule has 38 heavy (non-hydrogen) atoms. The summed E-state index contributed by atoms with van der Waals surface area (Å²) in [6.07, 6.45) is 0.0890. The molecule has 0 bridgehead atoms. The zero-order chi connectivity index (χ0) is 26.8. The Morgan fingerprint density at radius 2 is 1.42 bits per heavy atom. The number of rotatable bonds is 7. The molecule has 0 atom stereocenters. The summed E-state index contributed by atoms with van der Waals surface area (Å²) in [5.41, 5.74) is 4.37. The molecule has 1 heterocycles. The summed E-state index contributed by atoms with van der Waals surface area (Å²) in [5.74, 6) is 1.70. The van der Waals surface area contributed by atoms with Gasteiger partial charge in [0.05, 0.1) is 40.0 Å². The van der Waals surface area contributed by atoms with Gasteiger partial charge in [0, 0.05) is 17.1 Å². The predicted molar refractivity (Wildman–Crippen MR) is 152 cm³/mol. The van der Waals surface area contributed by atoms with Gasteiger partial charge in [0.25, 0.3) is 0 Å². The first-order chi connectivity index (χ1) is 18.3. The van der Waals surface area contributed by atoms with Crippen molar-refractivity contribution in [3.05, 3.63) is 107 Å². The number of fused-ring (bicyclic) bond motifs is 1. The van der Waals surface area contributed by atoms with Crippen molar-refractivity contribution >= 4 is 40.1 Å². The van der Waals surface area contributed by atoms with Gasteiger partial charge >= 0.3 is 5.97 Å². The van der Waals surface area contributed by atoms with Crippen LogP contribution in [-0.2, 0) is 4.74 Å². The molecule has 7 heteroatoms. The predicted octanol–water partition coefficient (Wildman–Crippen LogP) is 8.97. The van der Waals surface area contributed by atoms with E-state index in [2.05, 4.69) is 10.6 Å². The monoisotopic (exact) mass is 545 g/mol. The van der Waals surface area contributed by atoms with Gasteiger partial charge in [-0.2, -0.15) is 0 Å². The lowest BCUT2D eigenvalue weighted by Gasteiger charge is -2.14. The lowest BCUT2D eigenvalue weighted by atomic mass is 10.1. The van der Waals surface area contributed by atoms with E-state index in [1.165, 1.54) is 7.11 Å². The molecule has 0 aliphatic carbocycles. The van der Waals surface area contributed by atoms with Crippen molar-refractivity contribution in [2.45, 2.75) is 20.0 Å². The summed E-state index contributed by atoms with van der Waals surface area (Å²) < 4.78 is 18.9. The highest BCUT2D eigenvalue weighted by atomic mass is 35.5. The van der Waals surface area contributed by atoms with Crippen LogP contribution in [0.3, 0.4) is 0 Å². The average molecular weight is 546 g/mol. The molecule has 0 saturated carbocycles. The Labute approximate surface area is 231 Å². The van der Waals surface area contributed by atoms with Gasteiger partial charge in [-0.1, -0.05) is 35.3 Å². The number of esters is 1. The summed E-state index contributed by atoms with van der Waals surface area (Å²) in [6.45, 7) is 4.00. The number of hydrogen-bond acceptors (Lipinski definition) is 4. The molecule has 0 aliphatic heterocycles. The van der Waals surface area contributed by atoms with E-state index in [0.717, 1.165) is 33.6 Å². The van der Waals surface area contributed by atoms with E-state index in [9.17, 15) is 4.79 Å². The SMILES string of the molecule is COC(=O)c1ccc(-c2cc3cc(Oc4ccc(Cl)c(Cl)c4)ccc3n2-c2ccc(OC(C)C)cc2)cc1. The van der Waals surface area contributed by atoms with Gasteiger partial charge in [-0.15, -0.1) is 0 Å². The molecule has 0 saturated heterocycles. The average Bonchev–Trinajstić information content (AvgIpc) is 3.29. The first-order valence-corrected chi connectivity index (χ1v) is 12.8. The number of carbonyl (C=O) groups excluding carboxylic acids is 1. The van der Waals surface area contributed by atoms with Gasteiger partial charge in [-0.05, 0) is 92.2 Å². The number of carbonyl (C=O) groups is 1. The lowest BCUT2D eigenvalue weighted by Crippen LogP contribution is -2.05. The van der Waals surface area contributed by atoms with E-state index in [1.54, 1.807) is 30.3 Å². The van der Waals surface area contributed by atoms with Crippen molar-refractivity contribution < 1.29 is 19.0 Å². The summed E-state index contributed by atoms with van der Waals surface area (Å²) >= 11 is 12.2. The molecule has 0 aliphatic rings. The van der Waals surface area contributed by atoms with Crippen molar-refractivity contribution in [3.8, 4) is 34.2 Å². The van der Waals surface area contributed by atoms with Crippen LogP contribution in [0.1, 0.15) is 24.2 Å². The van der Waals surface area contributed by atoms with Crippen LogP contribution >= 0.6 is 23.2 Å². The Hall–Kier alpha value is -3.93. The van der Waals surface area contributed by atoms with E-state index in [-0.39, 0.29) is 12.1 Å². The molecular formula is C31H25Cl2NO4. The highest BCUT2D eigenvalue weighted by molar-refractivity contribution is 6.42. The molecule has 4 aromatic carbocycles. The molecule has 5 aromatic rings. The van der Waals surface area contributed by atoms with Crippen LogP contribution in [0.2, 0.25) is 10.0 Å². The van der Waals surface area contributed by atoms with Crippen LogP contribution in [-0.4, -0.2) is 23.8 Å². The Balaban J connectivity index is 1.59. The van der Waals surface area contributed by atoms with E-state index in [4.69, 9.17) is 37.4 Å². The zero-order valence-corrected chi connectivity index (χ0v) is 22.6. The minimum absolute atomic E-state index is 0.0890. The van der Waals surface area contributed by atoms with Crippen LogP contribution in [0.4, 0.5) is 0 Å². The van der Waals surface area contributed by atoms with Crippen LogP contribution in [0, 0.1) is 0 Å². The Kier molecular flexibility index (Phi) is 7.32. The molecule has 0 fully saturated rings. The summed E-state index contributed by atoms with van der Waals surface area (Å²) in [6, 6.07) is 28.6. The minimum Gasteiger partial charge on any atom is -0.491 e. The molecule has 1 aromatic heterocycles. The van der Waals surface area contributed by atoms with E-state index < -0.39 is 0 Å². The van der Waals surface area contributed by atoms with Gasteiger partial charge in [-0.3, -0.25) is 0 Å². The highest BCUT2D eigenvalue weighted by Crippen LogP contribution is 2.36. The highest BCUT2D eigenvalue weighted by Gasteiger charge is 2.15. The number of ether oxygens (including phenoxy) is 3. The van der Waals surface area contributed by atoms with Gasteiger partial charge < -0.3 is 18.8 Å². The third-order valence-electron chi connectivity index (χ3n) is 5.97. The Morgan fingerprint density at radius 3 is 2.08 bits per heavy atom. The lowest BCUT2D eigenvalue weighted by molar-refractivity contribution is 0.0600. The van der Waals surface area contributed by atoms with Gasteiger partial charge in [0.15, 0.2) is 0 Å². The quantitative estimate of drug-likeness (QED) is 0.191. The maximum atomic E-state index is 12.0. The number of nitrogens with zero attached hydrogens (tertiary/aromatic N) is 1. The second kappa shape index (κ2) is 10.8. The molecule has 0 amide bonds. The fourth-order valence-electron chi connectivity index (χ4n) is 4.26. The molecule has 0 radical (unpaired) electrons. The number of methoxy groups -OCH3 is 1. The van der Waals surface area contributed by atoms with Gasteiger partial charge in [0.2, 0.25) is 0 Å². The van der Waals surface area contributed by atoms with E-state index >= 15 is 0 Å². The van der Waals surface area contributed by atoms with Crippen LogP contribution in [0.5, 0.6) is 17.2 Å². The third-order valence-corrected chi connectivity index (χ3v) is 6.71. The normalized spacial score (nSPS) is 11.1. The molecular weight excluding hydrogens is 521 g/mol. The Morgan fingerprint density at radius 1 is 0.763 bits per heavy atom. The summed E-state index contributed by atoms with van der Waals surface area (Å²) in [4.78, 5) is 12.0. The minimum atomic E-state index is -0.373. The maximum Gasteiger partial charge on any atom is 0.337 e. The molecule has 192 valence electrons. The second-order valence-electron chi connectivity index (χ2n) is 8.99. The first kappa shape index (κ1) is 25.7. The van der Waals surface area contributed by atoms with Crippen LogP contribution in [0.15, 0.2) is 91.0 Å². The van der Waals surface area contributed by atoms with Crippen molar-refractivity contribution in [1.29, 1.82) is 0 Å². The van der Waals surface area contributed by atoms with Crippen molar-refractivity contribution in [3.63, 3.8) is 0 Å². The molecule has 0 unspecified atom stereocenters. The van der Waals surface area contributed by atoms with E-state index in [0.29, 0.717) is 27.1 Å². The Bertz CT molecular complexity index is 1610. The third kappa shape index (κ3) is 5.35. The van der Waals surface area contributed by atoms with Crippen molar-refractivity contribution in [1.82, 2.24) is 4.57 Å². The number of hydrogen-bond donors (Lipinski definition) is 0. The smallest absolute Gasteiger partial charge is 0.337 e. The standard InChI is InChI=1S/C31H25Cl2NO4/c1-19(2)37-24-10-8-23(9-11-24)34-29-15-13-25(38-26-12-14-27(32)28(33)18-26)16-22(29)17-30(34)20-4-6-21(7-5-20)31(35)36-3/h4-19H,1-3H3. The summed E-state index contributed by atoms with van der Waals surface area (Å²) in [7, 11) is 1.37. The fourth-order valence-corrected chi connectivity index (χ4v) is 4.55. The van der Waals surface area contributed by atoms with Crippen LogP contribution in [0.25, 0.3) is 27.8 Å². The topological polar surface area (TPSA) is 49.7 Å². The van der Waals surface area contributed by atoms with Crippen molar-refractivity contribution in [2.75, 3.05) is 7.11 Å². The fraction of sp³-hybridized carbons (Fsp3) is 0.129. The van der Waals surface area contributed by atoms with Crippen molar-refractivity contribution in [2.24, 2.45) is 0 Å². The zero-order valence-electron chi connectivity index (χ0n) is 21.1. The largest absolute Gasteiger partial charge is 0.491 e. The van der Waals surface area contributed by atoms with E-state index in [1.807, 2.05) is 68.4 Å². The first-order valence-electron chi connectivity index (χ1n) is 12.1.